The van der Waals surface area contributed by atoms with Crippen LogP contribution >= 0.6 is 43.6 Å². The SMILES string of the molecule is CCN=C1S/C(=C/c2cc(Br)ccc2OCc2ccc(Br)cc2)C(=O)N1CC. The predicted octanol–water partition coefficient (Wildman–Crippen LogP) is 6.10. The Balaban J connectivity index is 1.86. The van der Waals surface area contributed by atoms with E-state index in [1.165, 1.54) is 11.8 Å². The van der Waals surface area contributed by atoms with Crippen molar-refractivity contribution in [1.82, 2.24) is 4.90 Å². The van der Waals surface area contributed by atoms with E-state index in [0.29, 0.717) is 24.6 Å². The molecule has 28 heavy (non-hydrogen) atoms. The molecular weight excluding hydrogens is 504 g/mol. The minimum Gasteiger partial charge on any atom is -0.488 e. The first-order chi connectivity index (χ1) is 13.5. The van der Waals surface area contributed by atoms with E-state index in [9.17, 15) is 4.79 Å². The van der Waals surface area contributed by atoms with Crippen molar-refractivity contribution in [3.05, 3.63) is 67.4 Å². The maximum Gasteiger partial charge on any atom is 0.266 e. The lowest BCUT2D eigenvalue weighted by molar-refractivity contribution is -0.122. The molecule has 0 unspecified atom stereocenters. The molecule has 7 heteroatoms. The first kappa shape index (κ1) is 21.1. The molecule has 0 aromatic heterocycles. The Morgan fingerprint density at radius 2 is 1.82 bits per heavy atom. The minimum absolute atomic E-state index is 0.0152. The van der Waals surface area contributed by atoms with E-state index >= 15 is 0 Å². The molecule has 0 bridgehead atoms. The number of benzene rings is 2. The molecule has 1 aliphatic heterocycles. The Morgan fingerprint density at radius 3 is 2.50 bits per heavy atom. The summed E-state index contributed by atoms with van der Waals surface area (Å²) in [4.78, 5) is 19.5. The van der Waals surface area contributed by atoms with Gasteiger partial charge in [-0.25, -0.2) is 0 Å². The Kier molecular flexibility index (Phi) is 7.37. The van der Waals surface area contributed by atoms with Crippen LogP contribution in [0.25, 0.3) is 6.08 Å². The van der Waals surface area contributed by atoms with Crippen LogP contribution in [0.3, 0.4) is 0 Å². The van der Waals surface area contributed by atoms with Crippen LogP contribution in [-0.2, 0) is 11.4 Å². The molecular formula is C21H20Br2N2O2S. The number of aliphatic imine (C=N–C) groups is 1. The van der Waals surface area contributed by atoms with Crippen molar-refractivity contribution in [1.29, 1.82) is 0 Å². The summed E-state index contributed by atoms with van der Waals surface area (Å²) in [6.07, 6.45) is 1.88. The molecule has 0 N–H and O–H groups in total. The first-order valence-corrected chi connectivity index (χ1v) is 11.3. The number of nitrogens with zero attached hydrogens (tertiary/aromatic N) is 2. The van der Waals surface area contributed by atoms with Crippen LogP contribution in [-0.4, -0.2) is 29.1 Å². The average molecular weight is 524 g/mol. The molecule has 1 heterocycles. The van der Waals surface area contributed by atoms with E-state index in [4.69, 9.17) is 4.74 Å². The number of rotatable bonds is 6. The maximum absolute atomic E-state index is 12.7. The van der Waals surface area contributed by atoms with Crippen molar-refractivity contribution < 1.29 is 9.53 Å². The second kappa shape index (κ2) is 9.76. The quantitative estimate of drug-likeness (QED) is 0.429. The Labute approximate surface area is 186 Å². The van der Waals surface area contributed by atoms with Gasteiger partial charge in [0.2, 0.25) is 0 Å². The van der Waals surface area contributed by atoms with Crippen molar-refractivity contribution in [3.8, 4) is 5.75 Å². The number of thioether (sulfide) groups is 1. The number of amides is 1. The van der Waals surface area contributed by atoms with Gasteiger partial charge < -0.3 is 4.74 Å². The van der Waals surface area contributed by atoms with Crippen molar-refractivity contribution in [3.63, 3.8) is 0 Å². The summed E-state index contributed by atoms with van der Waals surface area (Å²) in [6.45, 7) is 5.63. The van der Waals surface area contributed by atoms with Crippen molar-refractivity contribution in [2.24, 2.45) is 4.99 Å². The number of likely N-dealkylation sites (N-methyl/N-ethyl adjacent to an activating group) is 1. The molecule has 0 radical (unpaired) electrons. The Bertz CT molecular complexity index is 927. The maximum atomic E-state index is 12.7. The van der Waals surface area contributed by atoms with Gasteiger partial charge in [0.15, 0.2) is 5.17 Å². The third kappa shape index (κ3) is 5.07. The van der Waals surface area contributed by atoms with Gasteiger partial charge in [-0.2, -0.15) is 0 Å². The summed E-state index contributed by atoms with van der Waals surface area (Å²) in [6, 6.07) is 13.8. The van der Waals surface area contributed by atoms with Crippen LogP contribution < -0.4 is 4.74 Å². The van der Waals surface area contributed by atoms with Crippen LogP contribution in [0.5, 0.6) is 5.75 Å². The molecule has 0 atom stereocenters. The third-order valence-corrected chi connectivity index (χ3v) is 6.13. The van der Waals surface area contributed by atoms with Crippen LogP contribution in [0.2, 0.25) is 0 Å². The first-order valence-electron chi connectivity index (χ1n) is 8.94. The molecule has 0 aliphatic carbocycles. The summed E-state index contributed by atoms with van der Waals surface area (Å²) < 4.78 is 8.01. The van der Waals surface area contributed by atoms with Gasteiger partial charge in [0, 0.05) is 27.6 Å². The van der Waals surface area contributed by atoms with Gasteiger partial charge in [0.25, 0.3) is 5.91 Å². The van der Waals surface area contributed by atoms with E-state index in [2.05, 4.69) is 36.9 Å². The molecule has 0 spiro atoms. The van der Waals surface area contributed by atoms with Crippen LogP contribution in [0.4, 0.5) is 0 Å². The van der Waals surface area contributed by atoms with Gasteiger partial charge in [0.05, 0.1) is 4.91 Å². The summed E-state index contributed by atoms with van der Waals surface area (Å²) in [5.41, 5.74) is 1.93. The normalized spacial score (nSPS) is 17.0. The zero-order valence-electron chi connectivity index (χ0n) is 15.6. The van der Waals surface area contributed by atoms with E-state index in [1.54, 1.807) is 4.90 Å². The number of carbonyl (C=O) groups excluding carboxylic acids is 1. The largest absolute Gasteiger partial charge is 0.488 e. The van der Waals surface area contributed by atoms with Crippen LogP contribution in [0.15, 0.2) is 61.3 Å². The van der Waals surface area contributed by atoms with Crippen molar-refractivity contribution in [2.75, 3.05) is 13.1 Å². The van der Waals surface area contributed by atoms with Crippen LogP contribution in [0, 0.1) is 0 Å². The molecule has 1 aliphatic rings. The second-order valence-electron chi connectivity index (χ2n) is 6.01. The average Bonchev–Trinajstić information content (AvgIpc) is 2.97. The van der Waals surface area contributed by atoms with Gasteiger partial charge in [-0.3, -0.25) is 14.7 Å². The fraction of sp³-hybridized carbons (Fsp3) is 0.238. The fourth-order valence-corrected chi connectivity index (χ4v) is 4.43. The summed E-state index contributed by atoms with van der Waals surface area (Å²) in [7, 11) is 0. The molecule has 146 valence electrons. The highest BCUT2D eigenvalue weighted by atomic mass is 79.9. The molecule has 2 aromatic carbocycles. The highest BCUT2D eigenvalue weighted by molar-refractivity contribution is 9.10. The van der Waals surface area contributed by atoms with E-state index in [1.807, 2.05) is 62.4 Å². The number of halogens is 2. The highest BCUT2D eigenvalue weighted by Crippen LogP contribution is 2.35. The summed E-state index contributed by atoms with van der Waals surface area (Å²) in [5, 5.41) is 0.758. The van der Waals surface area contributed by atoms with E-state index in [0.717, 1.165) is 31.0 Å². The zero-order chi connectivity index (χ0) is 20.1. The lowest BCUT2D eigenvalue weighted by Gasteiger charge is -2.12. The van der Waals surface area contributed by atoms with Gasteiger partial charge in [0.1, 0.15) is 12.4 Å². The molecule has 1 fully saturated rings. The zero-order valence-corrected chi connectivity index (χ0v) is 19.6. The number of hydrogen-bond acceptors (Lipinski definition) is 4. The summed E-state index contributed by atoms with van der Waals surface area (Å²) in [5.74, 6) is 0.717. The predicted molar refractivity (Wildman–Crippen MR) is 124 cm³/mol. The molecule has 0 saturated carbocycles. The smallest absolute Gasteiger partial charge is 0.266 e. The second-order valence-corrected chi connectivity index (χ2v) is 8.85. The monoisotopic (exact) mass is 522 g/mol. The van der Waals surface area contributed by atoms with Gasteiger partial charge >= 0.3 is 0 Å². The number of hydrogen-bond donors (Lipinski definition) is 0. The third-order valence-electron chi connectivity index (χ3n) is 4.06. The van der Waals surface area contributed by atoms with E-state index in [-0.39, 0.29) is 5.91 Å². The Hall–Kier alpha value is -1.57. The van der Waals surface area contributed by atoms with Crippen molar-refractivity contribution >= 4 is 60.8 Å². The number of ether oxygens (including phenoxy) is 1. The lowest BCUT2D eigenvalue weighted by Crippen LogP contribution is -2.28. The lowest BCUT2D eigenvalue weighted by atomic mass is 10.1. The number of amidine groups is 1. The number of carbonyl (C=O) groups is 1. The Morgan fingerprint density at radius 1 is 1.11 bits per heavy atom. The van der Waals surface area contributed by atoms with E-state index < -0.39 is 0 Å². The highest BCUT2D eigenvalue weighted by Gasteiger charge is 2.32. The van der Waals surface area contributed by atoms with Crippen molar-refractivity contribution in [2.45, 2.75) is 20.5 Å². The van der Waals surface area contributed by atoms with Gasteiger partial charge in [-0.05, 0) is 67.6 Å². The summed E-state index contributed by atoms with van der Waals surface area (Å²) >= 11 is 8.36. The van der Waals surface area contributed by atoms with Gasteiger partial charge in [-0.15, -0.1) is 0 Å². The topological polar surface area (TPSA) is 41.9 Å². The molecule has 1 amide bonds. The molecule has 3 rings (SSSR count). The minimum atomic E-state index is -0.0152. The van der Waals surface area contributed by atoms with Gasteiger partial charge in [-0.1, -0.05) is 44.0 Å². The van der Waals surface area contributed by atoms with Crippen LogP contribution in [0.1, 0.15) is 25.0 Å². The molecule has 1 saturated heterocycles. The molecule has 2 aromatic rings. The molecule has 4 nitrogen and oxygen atoms in total. The standard InChI is InChI=1S/C21H20Br2N2O2S/c1-3-24-21-25(4-2)20(26)19(28-21)12-15-11-17(23)9-10-18(15)27-13-14-5-7-16(22)8-6-14/h5-12H,3-4,13H2,1-2H3/b19-12+,24-21?. The fourth-order valence-electron chi connectivity index (χ4n) is 2.69.